The van der Waals surface area contributed by atoms with Gasteiger partial charge in [0.05, 0.1) is 6.10 Å². The first-order valence-corrected chi connectivity index (χ1v) is 7.51. The second-order valence-electron chi connectivity index (χ2n) is 4.21. The minimum absolute atomic E-state index is 0.0669. The highest BCUT2D eigenvalue weighted by molar-refractivity contribution is 6.27. The van der Waals surface area contributed by atoms with Crippen LogP contribution >= 0.6 is 0 Å². The van der Waals surface area contributed by atoms with Crippen molar-refractivity contribution < 1.29 is 4.43 Å². The van der Waals surface area contributed by atoms with E-state index in [4.69, 9.17) is 4.43 Å². The number of hydrogen-bond donors (Lipinski definition) is 0. The summed E-state index contributed by atoms with van der Waals surface area (Å²) in [5, 5.41) is 0. The predicted molar refractivity (Wildman–Crippen MR) is 76.7 cm³/mol. The molecule has 0 bridgehead atoms. The lowest BCUT2D eigenvalue weighted by atomic mass is 10.0. The summed E-state index contributed by atoms with van der Waals surface area (Å²) < 4.78 is 6.08. The van der Waals surface area contributed by atoms with Crippen LogP contribution in [0.2, 0.25) is 6.04 Å². The second kappa shape index (κ2) is 7.14. The first kappa shape index (κ1) is 13.1. The Kier molecular flexibility index (Phi) is 5.18. The Morgan fingerprint density at radius 3 is 1.83 bits per heavy atom. The van der Waals surface area contributed by atoms with E-state index in [0.29, 0.717) is 9.76 Å². The molecule has 0 aliphatic rings. The highest BCUT2D eigenvalue weighted by atomic mass is 28.2. The molecule has 0 saturated heterocycles. The van der Waals surface area contributed by atoms with Gasteiger partial charge < -0.3 is 4.43 Å². The van der Waals surface area contributed by atoms with E-state index in [9.17, 15) is 0 Å². The highest BCUT2D eigenvalue weighted by Gasteiger charge is 2.13. The molecule has 0 aliphatic carbocycles. The molecule has 0 aliphatic heterocycles. The summed E-state index contributed by atoms with van der Waals surface area (Å²) in [6.07, 6.45) is 1.24. The summed E-state index contributed by atoms with van der Waals surface area (Å²) in [5.41, 5.74) is 2.46. The van der Waals surface area contributed by atoms with E-state index in [2.05, 4.69) is 55.5 Å². The Bertz CT molecular complexity index is 402. The van der Waals surface area contributed by atoms with Crippen molar-refractivity contribution in [2.24, 2.45) is 0 Å². The summed E-state index contributed by atoms with van der Waals surface area (Å²) in [6, 6.07) is 22.0. The average molecular weight is 254 g/mol. The van der Waals surface area contributed by atoms with E-state index >= 15 is 0 Å². The molecule has 0 aromatic heterocycles. The smallest absolute Gasteiger partial charge is 0.231 e. The third-order valence-electron chi connectivity index (χ3n) is 2.76. The van der Waals surface area contributed by atoms with Gasteiger partial charge in [-0.2, -0.15) is 0 Å². The van der Waals surface area contributed by atoms with Gasteiger partial charge in [-0.05, 0) is 17.2 Å². The molecule has 0 saturated carbocycles. The van der Waals surface area contributed by atoms with Crippen molar-refractivity contribution in [3.63, 3.8) is 0 Å². The lowest BCUT2D eigenvalue weighted by molar-refractivity contribution is 0.260. The summed E-state index contributed by atoms with van der Waals surface area (Å²) in [5.74, 6) is 0. The summed E-state index contributed by atoms with van der Waals surface area (Å²) >= 11 is 0. The summed E-state index contributed by atoms with van der Waals surface area (Å²) in [6.45, 7) is 2.19. The van der Waals surface area contributed by atoms with Crippen molar-refractivity contribution in [3.8, 4) is 0 Å². The molecule has 0 atom stereocenters. The van der Waals surface area contributed by atoms with Crippen molar-refractivity contribution in [3.05, 3.63) is 71.8 Å². The van der Waals surface area contributed by atoms with Gasteiger partial charge in [0, 0.05) is 0 Å². The van der Waals surface area contributed by atoms with Crippen LogP contribution in [-0.4, -0.2) is 9.76 Å². The molecule has 18 heavy (non-hydrogen) atoms. The molecule has 0 heterocycles. The minimum atomic E-state index is 0.0669. The standard InChI is InChI=1S/C16H18OSi/c1-2-13-18-17-16(14-9-5-3-6-10-14)15-11-7-4-8-12-15/h3-12,16H,2,13H2,1H3. The maximum Gasteiger partial charge on any atom is 0.231 e. The fourth-order valence-corrected chi connectivity index (χ4v) is 2.59. The molecule has 2 aromatic carbocycles. The van der Waals surface area contributed by atoms with Gasteiger partial charge in [0.15, 0.2) is 0 Å². The molecular weight excluding hydrogens is 236 g/mol. The third-order valence-corrected chi connectivity index (χ3v) is 3.86. The molecule has 0 unspecified atom stereocenters. The van der Waals surface area contributed by atoms with Gasteiger partial charge in [0.2, 0.25) is 9.76 Å². The van der Waals surface area contributed by atoms with E-state index in [-0.39, 0.29) is 6.10 Å². The van der Waals surface area contributed by atoms with Crippen LogP contribution in [0.5, 0.6) is 0 Å². The van der Waals surface area contributed by atoms with Crippen LogP contribution in [0.4, 0.5) is 0 Å². The Hall–Kier alpha value is -1.38. The number of rotatable bonds is 6. The third kappa shape index (κ3) is 3.55. The van der Waals surface area contributed by atoms with Crippen LogP contribution in [-0.2, 0) is 4.43 Å². The van der Waals surface area contributed by atoms with Crippen molar-refractivity contribution in [1.29, 1.82) is 0 Å². The Balaban J connectivity index is 2.18. The van der Waals surface area contributed by atoms with Crippen LogP contribution in [0.15, 0.2) is 60.7 Å². The zero-order chi connectivity index (χ0) is 12.6. The first-order chi connectivity index (χ1) is 8.92. The van der Waals surface area contributed by atoms with Crippen LogP contribution < -0.4 is 0 Å². The fraction of sp³-hybridized carbons (Fsp3) is 0.250. The quantitative estimate of drug-likeness (QED) is 0.553. The summed E-state index contributed by atoms with van der Waals surface area (Å²) in [4.78, 5) is 0. The van der Waals surface area contributed by atoms with Gasteiger partial charge in [-0.1, -0.05) is 74.0 Å². The highest BCUT2D eigenvalue weighted by Crippen LogP contribution is 2.25. The minimum Gasteiger partial charge on any atom is -0.407 e. The van der Waals surface area contributed by atoms with Gasteiger partial charge in [-0.25, -0.2) is 0 Å². The van der Waals surface area contributed by atoms with E-state index in [1.54, 1.807) is 0 Å². The molecule has 0 amide bonds. The Morgan fingerprint density at radius 2 is 1.39 bits per heavy atom. The van der Waals surface area contributed by atoms with Crippen molar-refractivity contribution >= 4 is 9.76 Å². The lowest BCUT2D eigenvalue weighted by Gasteiger charge is -2.18. The molecule has 2 radical (unpaired) electrons. The van der Waals surface area contributed by atoms with Crippen molar-refractivity contribution in [1.82, 2.24) is 0 Å². The molecule has 2 rings (SSSR count). The SMILES string of the molecule is CCC[Si]OC(c1ccccc1)c1ccccc1. The van der Waals surface area contributed by atoms with Gasteiger partial charge in [0.25, 0.3) is 0 Å². The number of benzene rings is 2. The zero-order valence-corrected chi connectivity index (χ0v) is 11.7. The van der Waals surface area contributed by atoms with E-state index in [1.165, 1.54) is 17.5 Å². The second-order valence-corrected chi connectivity index (χ2v) is 5.24. The van der Waals surface area contributed by atoms with Crippen LogP contribution in [0.1, 0.15) is 30.6 Å². The van der Waals surface area contributed by atoms with Crippen molar-refractivity contribution in [2.75, 3.05) is 0 Å². The van der Waals surface area contributed by atoms with Crippen LogP contribution in [0, 0.1) is 0 Å². The Labute approximate surface area is 112 Å². The van der Waals surface area contributed by atoms with Crippen LogP contribution in [0.3, 0.4) is 0 Å². The van der Waals surface area contributed by atoms with Gasteiger partial charge in [0.1, 0.15) is 0 Å². The molecule has 1 nitrogen and oxygen atoms in total. The largest absolute Gasteiger partial charge is 0.407 e. The van der Waals surface area contributed by atoms with Gasteiger partial charge in [-0.15, -0.1) is 0 Å². The molecular formula is C16H18OSi. The topological polar surface area (TPSA) is 9.23 Å². The monoisotopic (exact) mass is 254 g/mol. The summed E-state index contributed by atoms with van der Waals surface area (Å²) in [7, 11) is 0.564. The molecule has 2 aromatic rings. The zero-order valence-electron chi connectivity index (χ0n) is 10.7. The average Bonchev–Trinajstić information content (AvgIpc) is 2.46. The van der Waals surface area contributed by atoms with Crippen molar-refractivity contribution in [2.45, 2.75) is 25.5 Å². The molecule has 2 heteroatoms. The maximum atomic E-state index is 6.08. The predicted octanol–water partition coefficient (Wildman–Crippen LogP) is 4.24. The molecule has 0 N–H and O–H groups in total. The molecule has 0 fully saturated rings. The fourth-order valence-electron chi connectivity index (χ4n) is 1.83. The van der Waals surface area contributed by atoms with Gasteiger partial charge >= 0.3 is 0 Å². The molecule has 0 spiro atoms. The first-order valence-electron chi connectivity index (χ1n) is 6.40. The molecule has 92 valence electrons. The lowest BCUT2D eigenvalue weighted by Crippen LogP contribution is -2.09. The van der Waals surface area contributed by atoms with E-state index < -0.39 is 0 Å². The normalized spacial score (nSPS) is 10.8. The van der Waals surface area contributed by atoms with E-state index in [1.807, 2.05) is 12.1 Å². The maximum absolute atomic E-state index is 6.08. The van der Waals surface area contributed by atoms with Crippen LogP contribution in [0.25, 0.3) is 0 Å². The van der Waals surface area contributed by atoms with Gasteiger partial charge in [-0.3, -0.25) is 0 Å². The van der Waals surface area contributed by atoms with E-state index in [0.717, 1.165) is 6.04 Å². The number of hydrogen-bond acceptors (Lipinski definition) is 1. The Morgan fingerprint density at radius 1 is 0.889 bits per heavy atom.